The summed E-state index contributed by atoms with van der Waals surface area (Å²) in [6, 6.07) is 2.43. The molecule has 0 radical (unpaired) electrons. The first-order chi connectivity index (χ1) is 12.8. The fraction of sp³-hybridized carbons (Fsp3) is 0.789. The molecule has 1 fully saturated rings. The maximum absolute atomic E-state index is 5.54. The van der Waals surface area contributed by atoms with E-state index in [1.165, 1.54) is 12.8 Å². The van der Waals surface area contributed by atoms with Gasteiger partial charge in [-0.3, -0.25) is 14.6 Å². The average molecular weight is 365 g/mol. The van der Waals surface area contributed by atoms with E-state index >= 15 is 0 Å². The third kappa shape index (κ3) is 6.61. The van der Waals surface area contributed by atoms with Gasteiger partial charge in [0, 0.05) is 44.6 Å². The predicted octanol–water partition coefficient (Wildman–Crippen LogP) is 1.58. The summed E-state index contributed by atoms with van der Waals surface area (Å²) >= 11 is 0. The number of hydrogen-bond donors (Lipinski definition) is 2. The van der Waals surface area contributed by atoms with Crippen LogP contribution in [0.1, 0.15) is 33.6 Å². The Morgan fingerprint density at radius 3 is 2.58 bits per heavy atom. The van der Waals surface area contributed by atoms with E-state index in [4.69, 9.17) is 9.73 Å². The van der Waals surface area contributed by atoms with E-state index in [1.54, 1.807) is 0 Å². The first-order valence-electron chi connectivity index (χ1n) is 10.1. The van der Waals surface area contributed by atoms with Crippen molar-refractivity contribution < 1.29 is 4.74 Å². The lowest BCUT2D eigenvalue weighted by Crippen LogP contribution is -2.49. The highest BCUT2D eigenvalue weighted by Gasteiger charge is 2.26. The Morgan fingerprint density at radius 2 is 1.96 bits per heavy atom. The van der Waals surface area contributed by atoms with Crippen LogP contribution in [-0.2, 0) is 11.3 Å². The van der Waals surface area contributed by atoms with Crippen LogP contribution in [0.4, 0.5) is 0 Å². The van der Waals surface area contributed by atoms with Crippen LogP contribution in [0.5, 0.6) is 0 Å². The Kier molecular flexibility index (Phi) is 9.48. The van der Waals surface area contributed by atoms with Crippen LogP contribution >= 0.6 is 0 Å². The highest BCUT2D eigenvalue weighted by Crippen LogP contribution is 2.20. The highest BCUT2D eigenvalue weighted by molar-refractivity contribution is 5.79. The van der Waals surface area contributed by atoms with Gasteiger partial charge in [0.05, 0.1) is 26.3 Å². The molecule has 0 amide bonds. The van der Waals surface area contributed by atoms with Crippen molar-refractivity contribution >= 4 is 5.96 Å². The van der Waals surface area contributed by atoms with Gasteiger partial charge < -0.3 is 15.4 Å². The van der Waals surface area contributed by atoms with E-state index < -0.39 is 0 Å². The summed E-state index contributed by atoms with van der Waals surface area (Å²) in [4.78, 5) is 7.47. The molecular formula is C19H36N6O. The lowest BCUT2D eigenvalue weighted by atomic mass is 9.92. The SMILES string of the molecule is CCNC(=NCC(C(CC)CC)N1CCOCC1)NCCn1cccn1. The quantitative estimate of drug-likeness (QED) is 0.487. The van der Waals surface area contributed by atoms with Crippen molar-refractivity contribution in [3.8, 4) is 0 Å². The van der Waals surface area contributed by atoms with Gasteiger partial charge >= 0.3 is 0 Å². The molecule has 1 aromatic rings. The number of hydrogen-bond acceptors (Lipinski definition) is 4. The average Bonchev–Trinajstić information content (AvgIpc) is 3.19. The molecule has 0 spiro atoms. The third-order valence-electron chi connectivity index (χ3n) is 5.08. The zero-order chi connectivity index (χ0) is 18.6. The summed E-state index contributed by atoms with van der Waals surface area (Å²) in [6.45, 7) is 13.7. The fourth-order valence-corrected chi connectivity index (χ4v) is 3.55. The van der Waals surface area contributed by atoms with Crippen molar-refractivity contribution in [1.82, 2.24) is 25.3 Å². The summed E-state index contributed by atoms with van der Waals surface area (Å²) in [5.74, 6) is 1.56. The van der Waals surface area contributed by atoms with E-state index in [2.05, 4.69) is 41.4 Å². The number of guanidine groups is 1. The topological polar surface area (TPSA) is 66.7 Å². The molecule has 2 N–H and O–H groups in total. The second-order valence-corrected chi connectivity index (χ2v) is 6.71. The molecule has 0 saturated carbocycles. The minimum atomic E-state index is 0.482. The molecule has 1 saturated heterocycles. The summed E-state index contributed by atoms with van der Waals surface area (Å²) in [7, 11) is 0. The monoisotopic (exact) mass is 364 g/mol. The summed E-state index contributed by atoms with van der Waals surface area (Å²) in [6.07, 6.45) is 6.17. The number of morpholine rings is 1. The van der Waals surface area contributed by atoms with Crippen LogP contribution in [0.3, 0.4) is 0 Å². The van der Waals surface area contributed by atoms with E-state index in [0.29, 0.717) is 12.0 Å². The Balaban J connectivity index is 1.94. The molecule has 0 aromatic carbocycles. The predicted molar refractivity (Wildman–Crippen MR) is 106 cm³/mol. The summed E-state index contributed by atoms with van der Waals surface area (Å²) in [5.41, 5.74) is 0. The molecular weight excluding hydrogens is 328 g/mol. The highest BCUT2D eigenvalue weighted by atomic mass is 16.5. The van der Waals surface area contributed by atoms with Crippen LogP contribution < -0.4 is 10.6 Å². The van der Waals surface area contributed by atoms with Crippen molar-refractivity contribution in [2.75, 3.05) is 45.9 Å². The minimum Gasteiger partial charge on any atom is -0.379 e. The molecule has 2 rings (SSSR count). The van der Waals surface area contributed by atoms with E-state index in [1.807, 2.05) is 23.1 Å². The van der Waals surface area contributed by atoms with Crippen LogP contribution in [0.25, 0.3) is 0 Å². The molecule has 2 heterocycles. The molecule has 7 nitrogen and oxygen atoms in total. The normalized spacial score (nSPS) is 17.5. The van der Waals surface area contributed by atoms with Crippen molar-refractivity contribution in [2.24, 2.45) is 10.9 Å². The van der Waals surface area contributed by atoms with Gasteiger partial charge in [0.15, 0.2) is 5.96 Å². The van der Waals surface area contributed by atoms with Gasteiger partial charge in [-0.1, -0.05) is 26.7 Å². The number of aromatic nitrogens is 2. The van der Waals surface area contributed by atoms with Gasteiger partial charge in [0.1, 0.15) is 0 Å². The largest absolute Gasteiger partial charge is 0.379 e. The molecule has 1 aliphatic heterocycles. The molecule has 1 aliphatic rings. The van der Waals surface area contributed by atoms with Gasteiger partial charge in [0.25, 0.3) is 0 Å². The van der Waals surface area contributed by atoms with Gasteiger partial charge in [0.2, 0.25) is 0 Å². The number of ether oxygens (including phenoxy) is 1. The molecule has 26 heavy (non-hydrogen) atoms. The Labute approximate surface area is 158 Å². The first-order valence-corrected chi connectivity index (χ1v) is 10.1. The number of aliphatic imine (C=N–C) groups is 1. The standard InChI is InChI=1S/C19H36N6O/c1-4-17(5-2)18(24-12-14-26-15-13-24)16-22-19(20-6-3)21-9-11-25-10-7-8-23-25/h7-8,10,17-18H,4-6,9,11-16H2,1-3H3,(H2,20,21,22). The Morgan fingerprint density at radius 1 is 1.19 bits per heavy atom. The fourth-order valence-electron chi connectivity index (χ4n) is 3.55. The Hall–Kier alpha value is -1.60. The smallest absolute Gasteiger partial charge is 0.191 e. The number of nitrogens with one attached hydrogen (secondary N) is 2. The summed E-state index contributed by atoms with van der Waals surface area (Å²) < 4.78 is 7.47. The van der Waals surface area contributed by atoms with Gasteiger partial charge in [-0.05, 0) is 18.9 Å². The van der Waals surface area contributed by atoms with Crippen molar-refractivity contribution in [3.05, 3.63) is 18.5 Å². The van der Waals surface area contributed by atoms with Gasteiger partial charge in [-0.15, -0.1) is 0 Å². The lowest BCUT2D eigenvalue weighted by Gasteiger charge is -2.38. The molecule has 1 aromatic heterocycles. The lowest BCUT2D eigenvalue weighted by molar-refractivity contribution is 0.00395. The van der Waals surface area contributed by atoms with Crippen LogP contribution in [0.15, 0.2) is 23.5 Å². The van der Waals surface area contributed by atoms with Crippen LogP contribution in [0.2, 0.25) is 0 Å². The van der Waals surface area contributed by atoms with Crippen molar-refractivity contribution in [2.45, 2.75) is 46.2 Å². The van der Waals surface area contributed by atoms with Gasteiger partial charge in [-0.25, -0.2) is 0 Å². The second kappa shape index (κ2) is 11.9. The first kappa shape index (κ1) is 20.7. The third-order valence-corrected chi connectivity index (χ3v) is 5.08. The van der Waals surface area contributed by atoms with Gasteiger partial charge in [-0.2, -0.15) is 5.10 Å². The van der Waals surface area contributed by atoms with Crippen LogP contribution in [0, 0.1) is 5.92 Å². The van der Waals surface area contributed by atoms with E-state index in [9.17, 15) is 0 Å². The zero-order valence-electron chi connectivity index (χ0n) is 16.7. The van der Waals surface area contributed by atoms with Crippen LogP contribution in [-0.4, -0.2) is 72.6 Å². The molecule has 148 valence electrons. The molecule has 7 heteroatoms. The maximum atomic E-state index is 5.54. The molecule has 0 bridgehead atoms. The molecule has 1 unspecified atom stereocenters. The van der Waals surface area contributed by atoms with E-state index in [-0.39, 0.29) is 0 Å². The van der Waals surface area contributed by atoms with Crippen molar-refractivity contribution in [1.29, 1.82) is 0 Å². The van der Waals surface area contributed by atoms with Crippen molar-refractivity contribution in [3.63, 3.8) is 0 Å². The summed E-state index contributed by atoms with van der Waals surface area (Å²) in [5, 5.41) is 11.0. The maximum Gasteiger partial charge on any atom is 0.191 e. The zero-order valence-corrected chi connectivity index (χ0v) is 16.7. The number of rotatable bonds is 10. The Bertz CT molecular complexity index is 494. The minimum absolute atomic E-state index is 0.482. The molecule has 0 aliphatic carbocycles. The van der Waals surface area contributed by atoms with E-state index in [0.717, 1.165) is 58.4 Å². The molecule has 1 atom stereocenters. The second-order valence-electron chi connectivity index (χ2n) is 6.71. The number of nitrogens with zero attached hydrogens (tertiary/aromatic N) is 4.